The summed E-state index contributed by atoms with van der Waals surface area (Å²) in [6.07, 6.45) is -7.22. The first-order chi connectivity index (χ1) is 31.9. The summed E-state index contributed by atoms with van der Waals surface area (Å²) in [5.74, 6) is -71.8. The first kappa shape index (κ1) is 50.4. The van der Waals surface area contributed by atoms with Gasteiger partial charge in [0, 0.05) is 23.1 Å². The van der Waals surface area contributed by atoms with Gasteiger partial charge in [-0.05, 0) is 12.1 Å². The minimum atomic E-state index is -7.22. The van der Waals surface area contributed by atoms with Gasteiger partial charge < -0.3 is 0 Å². The van der Waals surface area contributed by atoms with E-state index in [2.05, 4.69) is 0 Å². The molecule has 7 aromatic rings. The largest absolute Gasteiger partial charge is 0.287 e. The molecule has 0 aliphatic heterocycles. The van der Waals surface area contributed by atoms with E-state index in [1.807, 2.05) is 48.5 Å². The molecule has 3 nitrogen and oxygen atoms in total. The third-order valence-electron chi connectivity index (χ3n) is 10.5. The Bertz CT molecular complexity index is 2860. The third-order valence-corrected chi connectivity index (χ3v) is 10.7. The molecule has 0 aliphatic carbocycles. The van der Waals surface area contributed by atoms with E-state index in [1.165, 1.54) is 0 Å². The van der Waals surface area contributed by atoms with E-state index in [0.29, 0.717) is 11.3 Å². The number of ketones is 2. The molecule has 68 heavy (non-hydrogen) atoms. The van der Waals surface area contributed by atoms with Gasteiger partial charge in [0.15, 0.2) is 69.8 Å². The van der Waals surface area contributed by atoms with Crippen LogP contribution in [0.4, 0.5) is 87.8 Å². The Labute approximate surface area is 370 Å². The number of para-hydroxylation sites is 1. The van der Waals surface area contributed by atoms with Crippen LogP contribution in [0.15, 0.2) is 66.7 Å². The van der Waals surface area contributed by atoms with Gasteiger partial charge in [0.1, 0.15) is 52.7 Å². The Balaban J connectivity index is 0.000000276. The van der Waals surface area contributed by atoms with Crippen molar-refractivity contribution in [3.63, 3.8) is 0 Å². The number of nitrogens with zero attached hydrogens (tertiary/aromatic N) is 1. The van der Waals surface area contributed by atoms with Crippen LogP contribution in [0.25, 0.3) is 10.9 Å². The highest BCUT2D eigenvalue weighted by Crippen LogP contribution is 2.31. The first-order valence-electron chi connectivity index (χ1n) is 18.2. The van der Waals surface area contributed by atoms with Crippen LogP contribution in [0.5, 0.6) is 0 Å². The highest BCUT2D eigenvalue weighted by Gasteiger charge is 2.52. The lowest BCUT2D eigenvalue weighted by Gasteiger charge is -2.44. The Morgan fingerprint density at radius 2 is 0.662 bits per heavy atom. The fraction of sp³-hybridized carbons (Fsp3) is 0.0465. The standard InChI is InChI=1S/C24BF20.C19H15ClNO2/c26-5-1(6(27)14(35)21(42)13(5)34)25(2-7(28)15(36)22(43)16(37)8(2)29,3-9(30)17(38)23(44)18(39)10(3)31)4-11(32)19(40)24(45)20(41)12(4)33;20-12-18(22)17-11-10-14-6-4-5-9-16(14)21(17)13-19(23)15-7-2-1-3-8-15/h;1-11H,12-13H2/q-1;+1. The molecule has 0 unspecified atom stereocenters. The quantitative estimate of drug-likeness (QED) is 0.0275. The number of carbonyl (C=O) groups excluding carboxylic acids is 2. The molecule has 0 saturated heterocycles. The van der Waals surface area contributed by atoms with Crippen molar-refractivity contribution in [3.8, 4) is 0 Å². The number of pyridine rings is 1. The molecular formula is C43H15BClF20NO2. The van der Waals surface area contributed by atoms with Gasteiger partial charge in [0.05, 0.1) is 5.88 Å². The van der Waals surface area contributed by atoms with Crippen LogP contribution in [0.2, 0.25) is 0 Å². The molecule has 0 fully saturated rings. The summed E-state index contributed by atoms with van der Waals surface area (Å²) in [6.45, 7) is 0.101. The predicted octanol–water partition coefficient (Wildman–Crippen LogP) is 9.28. The van der Waals surface area contributed by atoms with Crippen LogP contribution >= 0.6 is 11.6 Å². The minimum absolute atomic E-state index is 0.0458. The maximum Gasteiger partial charge on any atom is 0.250 e. The molecule has 0 amide bonds. The van der Waals surface area contributed by atoms with Crippen molar-refractivity contribution >= 4 is 62.1 Å². The van der Waals surface area contributed by atoms with E-state index in [1.54, 1.807) is 22.8 Å². The van der Waals surface area contributed by atoms with E-state index in [9.17, 15) is 62.3 Å². The summed E-state index contributed by atoms with van der Waals surface area (Å²) in [4.78, 5) is 24.7. The molecule has 0 saturated carbocycles. The van der Waals surface area contributed by atoms with Gasteiger partial charge in [-0.1, -0.05) is 42.5 Å². The van der Waals surface area contributed by atoms with Gasteiger partial charge >= 0.3 is 0 Å². The van der Waals surface area contributed by atoms with Crippen LogP contribution in [0.1, 0.15) is 20.8 Å². The van der Waals surface area contributed by atoms with Crippen LogP contribution < -0.4 is 26.4 Å². The number of fused-ring (bicyclic) bond motifs is 1. The van der Waals surface area contributed by atoms with Gasteiger partial charge in [-0.15, -0.1) is 33.5 Å². The van der Waals surface area contributed by atoms with E-state index >= 15 is 35.1 Å². The fourth-order valence-corrected chi connectivity index (χ4v) is 7.62. The topological polar surface area (TPSA) is 38.0 Å². The third kappa shape index (κ3) is 7.86. The van der Waals surface area contributed by atoms with Crippen LogP contribution in [0.3, 0.4) is 0 Å². The average molecular weight is 1000 g/mol. The van der Waals surface area contributed by atoms with Gasteiger partial charge in [-0.25, -0.2) is 87.8 Å². The monoisotopic (exact) mass is 1000 g/mol. The number of hydrogen-bond acceptors (Lipinski definition) is 2. The summed E-state index contributed by atoms with van der Waals surface area (Å²) >= 11 is 5.72. The minimum Gasteiger partial charge on any atom is -0.287 e. The van der Waals surface area contributed by atoms with E-state index in [4.69, 9.17) is 11.6 Å². The maximum absolute atomic E-state index is 15.4. The van der Waals surface area contributed by atoms with Gasteiger partial charge in [0.2, 0.25) is 23.6 Å². The van der Waals surface area contributed by atoms with Crippen molar-refractivity contribution in [1.29, 1.82) is 0 Å². The number of rotatable bonds is 9. The van der Waals surface area contributed by atoms with Crippen molar-refractivity contribution in [2.45, 2.75) is 6.54 Å². The SMILES string of the molecule is Fc1c(F)c(F)c([B-](c2c(F)c(F)c(F)c(F)c2F)(c2c(F)c(F)c(F)c(F)c2F)c2c(F)c(F)c(F)c(F)c2F)c(F)c1F.O=C(C[n+]1c(C(=O)CCl)ccc2ccccc21)c1ccccc1. The number of carbonyl (C=O) groups is 2. The second-order valence-electron chi connectivity index (χ2n) is 14.0. The number of alkyl halides is 1. The molecule has 0 aliphatic rings. The summed E-state index contributed by atoms with van der Waals surface area (Å²) in [7, 11) is 0. The van der Waals surface area contributed by atoms with E-state index in [-0.39, 0.29) is 24.0 Å². The lowest BCUT2D eigenvalue weighted by atomic mass is 9.12. The Kier molecular flexibility index (Phi) is 14.1. The lowest BCUT2D eigenvalue weighted by Crippen LogP contribution is -2.81. The van der Waals surface area contributed by atoms with Crippen molar-refractivity contribution < 1.29 is 102 Å². The van der Waals surface area contributed by atoms with E-state index in [0.717, 1.165) is 10.9 Å². The fourth-order valence-electron chi connectivity index (χ4n) is 7.48. The highest BCUT2D eigenvalue weighted by molar-refractivity contribution is 7.20. The van der Waals surface area contributed by atoms with Crippen molar-refractivity contribution in [3.05, 3.63) is 194 Å². The molecule has 1 heterocycles. The molecular weight excluding hydrogens is 989 g/mol. The number of aromatic nitrogens is 1. The number of hydrogen-bond donors (Lipinski definition) is 0. The average Bonchev–Trinajstić information content (AvgIpc) is 3.34. The van der Waals surface area contributed by atoms with Crippen LogP contribution in [-0.4, -0.2) is 23.6 Å². The Morgan fingerprint density at radius 3 is 0.985 bits per heavy atom. The zero-order valence-electron chi connectivity index (χ0n) is 32.5. The molecule has 7 rings (SSSR count). The molecule has 25 heteroatoms. The second-order valence-corrected chi connectivity index (χ2v) is 14.3. The summed E-state index contributed by atoms with van der Waals surface area (Å²) in [6, 6.07) is 20.3. The lowest BCUT2D eigenvalue weighted by molar-refractivity contribution is -0.659. The number of Topliss-reactive ketones (excluding diaryl/α,β-unsaturated/α-hetero) is 2. The number of benzene rings is 6. The Morgan fingerprint density at radius 1 is 0.368 bits per heavy atom. The van der Waals surface area contributed by atoms with Crippen LogP contribution in [0, 0.1) is 116 Å². The molecule has 0 atom stereocenters. The van der Waals surface area contributed by atoms with Gasteiger partial charge in [-0.3, -0.25) is 9.59 Å². The number of halogens is 21. The smallest absolute Gasteiger partial charge is 0.250 e. The summed E-state index contributed by atoms with van der Waals surface area (Å²) < 4.78 is 296. The van der Waals surface area contributed by atoms with Crippen molar-refractivity contribution in [2.75, 3.05) is 5.88 Å². The summed E-state index contributed by atoms with van der Waals surface area (Å²) in [5.41, 5.74) is -12.4. The zero-order valence-corrected chi connectivity index (χ0v) is 33.3. The van der Waals surface area contributed by atoms with Crippen molar-refractivity contribution in [2.24, 2.45) is 0 Å². The van der Waals surface area contributed by atoms with Crippen molar-refractivity contribution in [1.82, 2.24) is 0 Å². The van der Waals surface area contributed by atoms with E-state index < -0.39 is 144 Å². The Hall–Kier alpha value is -6.98. The normalized spacial score (nSPS) is 11.5. The first-order valence-corrected chi connectivity index (χ1v) is 18.8. The maximum atomic E-state index is 15.4. The molecule has 354 valence electrons. The van der Waals surface area contributed by atoms with Crippen LogP contribution in [-0.2, 0) is 6.54 Å². The van der Waals surface area contributed by atoms with Gasteiger partial charge in [0.25, 0.3) is 5.69 Å². The molecule has 0 spiro atoms. The highest BCUT2D eigenvalue weighted by atomic mass is 35.5. The van der Waals surface area contributed by atoms with Gasteiger partial charge in [-0.2, -0.15) is 4.57 Å². The second kappa shape index (κ2) is 19.0. The molecule has 0 radical (unpaired) electrons. The summed E-state index contributed by atoms with van der Waals surface area (Å²) in [5, 5.41) is 0.972. The molecule has 6 aromatic carbocycles. The molecule has 1 aromatic heterocycles. The molecule has 0 N–H and O–H groups in total. The predicted molar refractivity (Wildman–Crippen MR) is 199 cm³/mol. The molecule has 0 bridgehead atoms. The zero-order chi connectivity index (χ0) is 50.6.